The van der Waals surface area contributed by atoms with Gasteiger partial charge in [-0.05, 0) is 50.7 Å². The molecule has 1 aromatic carbocycles. The molecule has 1 aliphatic carbocycles. The van der Waals surface area contributed by atoms with Crippen LogP contribution in [0.5, 0.6) is 0 Å². The lowest BCUT2D eigenvalue weighted by Crippen LogP contribution is -2.41. The van der Waals surface area contributed by atoms with Crippen LogP contribution in [-0.4, -0.2) is 23.3 Å². The number of nitrogens with zero attached hydrogens (tertiary/aromatic N) is 1. The summed E-state index contributed by atoms with van der Waals surface area (Å²) < 4.78 is 40.2. The number of fused-ring (bicyclic) bond motifs is 2. The first kappa shape index (κ1) is 16.4. The normalized spacial score (nSPS) is 27.8. The van der Waals surface area contributed by atoms with Crippen molar-refractivity contribution >= 4 is 0 Å². The lowest BCUT2D eigenvalue weighted by molar-refractivity contribution is 0.00875. The van der Waals surface area contributed by atoms with Gasteiger partial charge in [0.1, 0.15) is 23.1 Å². The Labute approximate surface area is 150 Å². The van der Waals surface area contributed by atoms with Gasteiger partial charge in [-0.25, -0.2) is 8.78 Å². The van der Waals surface area contributed by atoms with E-state index in [2.05, 4.69) is 10.5 Å². The highest BCUT2D eigenvalue weighted by Crippen LogP contribution is 2.45. The molecular formula is C20H22F2N2O2. The molecule has 0 spiro atoms. The van der Waals surface area contributed by atoms with Crippen LogP contribution in [0.4, 0.5) is 8.78 Å². The Morgan fingerprint density at radius 2 is 1.77 bits per heavy atom. The van der Waals surface area contributed by atoms with Crippen LogP contribution in [-0.2, 0) is 11.3 Å². The molecular weight excluding hydrogens is 338 g/mol. The summed E-state index contributed by atoms with van der Waals surface area (Å²) in [5.41, 5.74) is 0.842. The average Bonchev–Trinajstić information content (AvgIpc) is 3.30. The van der Waals surface area contributed by atoms with Gasteiger partial charge in [-0.15, -0.1) is 0 Å². The maximum atomic E-state index is 14.3. The Hall–Kier alpha value is -1.79. The van der Waals surface area contributed by atoms with E-state index in [1.807, 2.05) is 0 Å². The Bertz CT molecular complexity index is 786. The van der Waals surface area contributed by atoms with E-state index in [4.69, 9.17) is 9.26 Å². The number of aromatic nitrogens is 1. The molecule has 5 rings (SSSR count). The van der Waals surface area contributed by atoms with E-state index < -0.39 is 11.6 Å². The predicted molar refractivity (Wildman–Crippen MR) is 91.6 cm³/mol. The number of rotatable bonds is 5. The van der Waals surface area contributed by atoms with Crippen LogP contribution in [0.3, 0.4) is 0 Å². The maximum absolute atomic E-state index is 14.3. The van der Waals surface area contributed by atoms with Gasteiger partial charge in [-0.2, -0.15) is 0 Å². The third-order valence-electron chi connectivity index (χ3n) is 5.86. The highest BCUT2D eigenvalue weighted by Gasteiger charge is 2.36. The summed E-state index contributed by atoms with van der Waals surface area (Å²) in [4.78, 5) is 0. The molecule has 1 N–H and O–H groups in total. The molecule has 2 saturated heterocycles. The summed E-state index contributed by atoms with van der Waals surface area (Å²) in [6.45, 7) is 0.294. The van der Waals surface area contributed by atoms with Crippen molar-refractivity contribution in [2.45, 2.75) is 69.2 Å². The Morgan fingerprint density at radius 1 is 1.08 bits per heavy atom. The number of benzene rings is 1. The number of hydrogen-bond acceptors (Lipinski definition) is 4. The maximum Gasteiger partial charge on any atom is 0.145 e. The second-order valence-electron chi connectivity index (χ2n) is 7.79. The number of hydrogen-bond donors (Lipinski definition) is 1. The van der Waals surface area contributed by atoms with Crippen molar-refractivity contribution in [3.05, 3.63) is 41.2 Å². The van der Waals surface area contributed by atoms with Gasteiger partial charge in [0.25, 0.3) is 0 Å². The molecule has 1 saturated carbocycles. The van der Waals surface area contributed by atoms with E-state index in [1.54, 1.807) is 0 Å². The molecule has 2 unspecified atom stereocenters. The van der Waals surface area contributed by atoms with E-state index >= 15 is 0 Å². The van der Waals surface area contributed by atoms with Crippen LogP contribution >= 0.6 is 0 Å². The molecule has 1 aromatic heterocycles. The molecule has 2 aromatic rings. The van der Waals surface area contributed by atoms with E-state index in [9.17, 15) is 8.78 Å². The van der Waals surface area contributed by atoms with E-state index in [0.717, 1.165) is 31.4 Å². The molecule has 2 aliphatic heterocycles. The van der Waals surface area contributed by atoms with Crippen molar-refractivity contribution < 1.29 is 18.0 Å². The van der Waals surface area contributed by atoms with Gasteiger partial charge in [0.05, 0.1) is 18.3 Å². The largest absolute Gasteiger partial charge is 0.373 e. The van der Waals surface area contributed by atoms with E-state index in [0.29, 0.717) is 30.2 Å². The highest BCUT2D eigenvalue weighted by atomic mass is 19.1. The predicted octanol–water partition coefficient (Wildman–Crippen LogP) is 4.30. The van der Waals surface area contributed by atoms with Crippen LogP contribution in [0.2, 0.25) is 0 Å². The summed E-state index contributed by atoms with van der Waals surface area (Å²) in [5.74, 6) is -0.211. The second-order valence-corrected chi connectivity index (χ2v) is 7.79. The Kier molecular flexibility index (Phi) is 4.05. The van der Waals surface area contributed by atoms with Crippen molar-refractivity contribution in [2.24, 2.45) is 0 Å². The molecule has 3 aliphatic rings. The van der Waals surface area contributed by atoms with Crippen molar-refractivity contribution in [1.29, 1.82) is 0 Å². The number of piperidine rings is 1. The first-order chi connectivity index (χ1) is 12.7. The van der Waals surface area contributed by atoms with Gasteiger partial charge in [-0.3, -0.25) is 0 Å². The minimum atomic E-state index is -0.623. The molecule has 2 bridgehead atoms. The van der Waals surface area contributed by atoms with E-state index in [-0.39, 0.29) is 17.4 Å². The summed E-state index contributed by atoms with van der Waals surface area (Å²) in [6.07, 6.45) is 6.62. The van der Waals surface area contributed by atoms with Crippen LogP contribution in [0.1, 0.15) is 55.8 Å². The molecule has 138 valence electrons. The van der Waals surface area contributed by atoms with Gasteiger partial charge >= 0.3 is 0 Å². The van der Waals surface area contributed by atoms with Crippen LogP contribution < -0.4 is 5.32 Å². The molecule has 0 radical (unpaired) electrons. The summed E-state index contributed by atoms with van der Waals surface area (Å²) in [5, 5.41) is 7.62. The summed E-state index contributed by atoms with van der Waals surface area (Å²) in [6, 6.07) is 4.93. The van der Waals surface area contributed by atoms with Crippen molar-refractivity contribution in [2.75, 3.05) is 0 Å². The summed E-state index contributed by atoms with van der Waals surface area (Å²) >= 11 is 0. The minimum Gasteiger partial charge on any atom is -0.373 e. The van der Waals surface area contributed by atoms with Crippen molar-refractivity contribution in [3.63, 3.8) is 0 Å². The first-order valence-corrected chi connectivity index (χ1v) is 9.49. The molecule has 6 heteroatoms. The van der Waals surface area contributed by atoms with E-state index in [1.165, 1.54) is 31.0 Å². The lowest BCUT2D eigenvalue weighted by Gasteiger charge is -2.29. The van der Waals surface area contributed by atoms with Crippen molar-refractivity contribution in [1.82, 2.24) is 10.5 Å². The second kappa shape index (κ2) is 6.43. The fraction of sp³-hybridized carbons (Fsp3) is 0.550. The standard InChI is InChI=1S/C20H22F2N2O2/c21-16-2-1-3-17(22)18(16)19-15(20(26-24-19)11-4-5-11)10-25-14-8-12-6-7-13(9-14)23-12/h1-3,11-14,23H,4-10H2. The zero-order valence-electron chi connectivity index (χ0n) is 14.5. The van der Waals surface area contributed by atoms with Crippen LogP contribution in [0.25, 0.3) is 11.3 Å². The third kappa shape index (κ3) is 2.95. The topological polar surface area (TPSA) is 47.3 Å². The number of halogens is 2. The van der Waals surface area contributed by atoms with Crippen molar-refractivity contribution in [3.8, 4) is 11.3 Å². The van der Waals surface area contributed by atoms with Crippen LogP contribution in [0, 0.1) is 11.6 Å². The van der Waals surface area contributed by atoms with Gasteiger partial charge in [-0.1, -0.05) is 11.2 Å². The molecule has 3 fully saturated rings. The smallest absolute Gasteiger partial charge is 0.145 e. The Balaban J connectivity index is 1.42. The fourth-order valence-corrected chi connectivity index (χ4v) is 4.39. The number of nitrogens with one attached hydrogen (secondary N) is 1. The lowest BCUT2D eigenvalue weighted by atomic mass is 10.0. The fourth-order valence-electron chi connectivity index (χ4n) is 4.39. The molecule has 4 nitrogen and oxygen atoms in total. The average molecular weight is 360 g/mol. The van der Waals surface area contributed by atoms with Gasteiger partial charge < -0.3 is 14.6 Å². The van der Waals surface area contributed by atoms with Gasteiger partial charge in [0, 0.05) is 23.6 Å². The highest BCUT2D eigenvalue weighted by molar-refractivity contribution is 5.65. The third-order valence-corrected chi connectivity index (χ3v) is 5.86. The quantitative estimate of drug-likeness (QED) is 0.864. The van der Waals surface area contributed by atoms with Gasteiger partial charge in [0.2, 0.25) is 0 Å². The minimum absolute atomic E-state index is 0.118. The van der Waals surface area contributed by atoms with Crippen LogP contribution in [0.15, 0.2) is 22.7 Å². The monoisotopic (exact) mass is 360 g/mol. The molecule has 2 atom stereocenters. The molecule has 26 heavy (non-hydrogen) atoms. The zero-order chi connectivity index (χ0) is 17.7. The zero-order valence-corrected chi connectivity index (χ0v) is 14.5. The molecule has 3 heterocycles. The van der Waals surface area contributed by atoms with Gasteiger partial charge in [0.15, 0.2) is 0 Å². The Morgan fingerprint density at radius 3 is 2.42 bits per heavy atom. The first-order valence-electron chi connectivity index (χ1n) is 9.49. The number of ether oxygens (including phenoxy) is 1. The molecule has 0 amide bonds. The SMILES string of the molecule is Fc1cccc(F)c1-c1noc(C2CC2)c1COC1CC2CCC(C1)N2. The summed E-state index contributed by atoms with van der Waals surface area (Å²) in [7, 11) is 0.